The van der Waals surface area contributed by atoms with Crippen molar-refractivity contribution in [1.29, 1.82) is 0 Å². The highest BCUT2D eigenvalue weighted by Crippen LogP contribution is 2.37. The van der Waals surface area contributed by atoms with Gasteiger partial charge in [-0.15, -0.1) is 0 Å². The summed E-state index contributed by atoms with van der Waals surface area (Å²) in [5.41, 5.74) is 1.48. The molecule has 0 aromatic heterocycles. The van der Waals surface area contributed by atoms with Crippen LogP contribution in [0, 0.1) is 0 Å². The summed E-state index contributed by atoms with van der Waals surface area (Å²) < 4.78 is 6.17. The van der Waals surface area contributed by atoms with E-state index in [4.69, 9.17) is 4.74 Å². The van der Waals surface area contributed by atoms with E-state index in [-0.39, 0.29) is 5.22 Å². The molecule has 0 amide bonds. The van der Waals surface area contributed by atoms with Crippen molar-refractivity contribution in [1.82, 2.24) is 0 Å². The van der Waals surface area contributed by atoms with Crippen LogP contribution in [0.5, 0.6) is 0 Å². The molecule has 25 heavy (non-hydrogen) atoms. The van der Waals surface area contributed by atoms with E-state index in [0.29, 0.717) is 0 Å². The Bertz CT molecular complexity index is 1030. The second kappa shape index (κ2) is 5.82. The maximum atomic E-state index is 6.17. The number of benzene rings is 4. The van der Waals surface area contributed by atoms with Crippen molar-refractivity contribution in [3.05, 3.63) is 60.2 Å². The van der Waals surface area contributed by atoms with Gasteiger partial charge < -0.3 is 4.74 Å². The third kappa shape index (κ3) is 2.56. The van der Waals surface area contributed by atoms with Gasteiger partial charge in [0.15, 0.2) is 0 Å². The normalized spacial score (nSPS) is 21.6. The molecule has 1 saturated heterocycles. The fraction of sp³-hybridized carbons (Fsp3) is 0.304. The number of aryl methyl sites for hydroxylation is 1. The van der Waals surface area contributed by atoms with Crippen LogP contribution in [0.15, 0.2) is 54.6 Å². The van der Waals surface area contributed by atoms with Gasteiger partial charge in [0.2, 0.25) is 0 Å². The van der Waals surface area contributed by atoms with Crippen molar-refractivity contribution in [3.63, 3.8) is 0 Å². The van der Waals surface area contributed by atoms with E-state index in [2.05, 4.69) is 54.6 Å². The summed E-state index contributed by atoms with van der Waals surface area (Å²) in [5, 5.41) is 8.56. The topological polar surface area (TPSA) is 9.23 Å². The van der Waals surface area contributed by atoms with E-state index in [0.717, 1.165) is 23.3 Å². The maximum absolute atomic E-state index is 6.17. The first-order valence-corrected chi connectivity index (χ1v) is 10.5. The quantitative estimate of drug-likeness (QED) is 0.384. The third-order valence-corrected chi connectivity index (χ3v) is 7.38. The van der Waals surface area contributed by atoms with Crippen LogP contribution in [0.3, 0.4) is 0 Å². The van der Waals surface area contributed by atoms with Crippen LogP contribution in [0.25, 0.3) is 32.3 Å². The van der Waals surface area contributed by atoms with Crippen LogP contribution in [-0.2, 0) is 11.2 Å². The Labute approximate surface area is 151 Å². The van der Waals surface area contributed by atoms with E-state index in [1.165, 1.54) is 63.6 Å². The lowest BCUT2D eigenvalue weighted by Crippen LogP contribution is -2.37. The monoisotopic (exact) mass is 344 g/mol. The minimum atomic E-state index is 0.197. The van der Waals surface area contributed by atoms with E-state index >= 15 is 0 Å². The molecule has 126 valence electrons. The largest absolute Gasteiger partial charge is 0.380 e. The fourth-order valence-electron chi connectivity index (χ4n) is 4.60. The zero-order valence-corrected chi connectivity index (χ0v) is 16.8. The first-order chi connectivity index (χ1) is 12.2. The predicted molar refractivity (Wildman–Crippen MR) is 111 cm³/mol. The van der Waals surface area contributed by atoms with Gasteiger partial charge in [-0.3, -0.25) is 0 Å². The van der Waals surface area contributed by atoms with Crippen molar-refractivity contribution in [3.8, 4) is 0 Å². The standard InChI is InChI=1S/C23H24OSi/c25-23(13-1-2-15-24-23)14-12-16-6-7-19-9-8-17-4-3-5-18-10-11-20(16)22(19)21(17)18/h3-11H,1-2,12-15H2,25H3. The number of hydrogen-bond acceptors (Lipinski definition) is 1. The lowest BCUT2D eigenvalue weighted by atomic mass is 9.90. The van der Waals surface area contributed by atoms with Crippen molar-refractivity contribution >= 4 is 42.6 Å². The molecule has 4 aromatic rings. The van der Waals surface area contributed by atoms with Crippen molar-refractivity contribution in [2.45, 2.75) is 37.3 Å². The molecule has 1 atom stereocenters. The molecule has 0 spiro atoms. The summed E-state index contributed by atoms with van der Waals surface area (Å²) in [6, 6.07) is 20.4. The second-order valence-corrected chi connectivity index (χ2v) is 9.66. The molecule has 0 N–H and O–H groups in total. The SMILES string of the molecule is [SiH3]C1(CCc2ccc3ccc4cccc5ccc2c3c45)CCCCO1. The van der Waals surface area contributed by atoms with E-state index in [1.807, 2.05) is 0 Å². The molecule has 2 heteroatoms. The van der Waals surface area contributed by atoms with Gasteiger partial charge in [-0.05, 0) is 70.0 Å². The summed E-state index contributed by atoms with van der Waals surface area (Å²) >= 11 is 0. The van der Waals surface area contributed by atoms with Crippen molar-refractivity contribution < 1.29 is 4.74 Å². The summed E-state index contributed by atoms with van der Waals surface area (Å²) in [6.07, 6.45) is 6.12. The lowest BCUT2D eigenvalue weighted by molar-refractivity contribution is -0.0222. The highest BCUT2D eigenvalue weighted by atomic mass is 28.1. The number of rotatable bonds is 3. The minimum Gasteiger partial charge on any atom is -0.380 e. The van der Waals surface area contributed by atoms with Crippen LogP contribution in [-0.4, -0.2) is 22.1 Å². The van der Waals surface area contributed by atoms with Gasteiger partial charge >= 0.3 is 0 Å². The van der Waals surface area contributed by atoms with Crippen LogP contribution in [0.1, 0.15) is 31.2 Å². The van der Waals surface area contributed by atoms with Crippen LogP contribution >= 0.6 is 0 Å². The Hall–Kier alpha value is -1.90. The highest BCUT2D eigenvalue weighted by molar-refractivity contribution is 6.23. The zero-order chi connectivity index (χ0) is 16.9. The molecule has 0 radical (unpaired) electrons. The number of hydrogen-bond donors (Lipinski definition) is 0. The highest BCUT2D eigenvalue weighted by Gasteiger charge is 2.27. The van der Waals surface area contributed by atoms with Crippen molar-refractivity contribution in [2.24, 2.45) is 0 Å². The molecule has 1 heterocycles. The molecular weight excluding hydrogens is 320 g/mol. The Morgan fingerprint density at radius 2 is 1.56 bits per heavy atom. The summed E-state index contributed by atoms with van der Waals surface area (Å²) in [7, 11) is 1.13. The molecular formula is C23H24OSi. The predicted octanol–water partition coefficient (Wildman–Crippen LogP) is 4.78. The second-order valence-electron chi connectivity index (χ2n) is 7.84. The van der Waals surface area contributed by atoms with E-state index in [1.54, 1.807) is 0 Å². The van der Waals surface area contributed by atoms with Crippen LogP contribution in [0.4, 0.5) is 0 Å². The molecule has 1 nitrogen and oxygen atoms in total. The number of ether oxygens (including phenoxy) is 1. The minimum absolute atomic E-state index is 0.197. The molecule has 4 aromatic carbocycles. The van der Waals surface area contributed by atoms with Crippen LogP contribution < -0.4 is 0 Å². The molecule has 5 rings (SSSR count). The molecule has 1 aliphatic heterocycles. The van der Waals surface area contributed by atoms with E-state index < -0.39 is 0 Å². The first-order valence-electron chi connectivity index (χ1n) is 9.53. The lowest BCUT2D eigenvalue weighted by Gasteiger charge is -2.34. The Morgan fingerprint density at radius 3 is 2.32 bits per heavy atom. The van der Waals surface area contributed by atoms with Crippen molar-refractivity contribution in [2.75, 3.05) is 6.61 Å². The first kappa shape index (κ1) is 15.4. The smallest absolute Gasteiger partial charge is 0.0489 e. The molecule has 1 fully saturated rings. The van der Waals surface area contributed by atoms with Crippen LogP contribution in [0.2, 0.25) is 0 Å². The Balaban J connectivity index is 1.61. The molecule has 0 aliphatic carbocycles. The van der Waals surface area contributed by atoms with Gasteiger partial charge in [0.25, 0.3) is 0 Å². The third-order valence-electron chi connectivity index (χ3n) is 6.09. The molecule has 0 bridgehead atoms. The average molecular weight is 345 g/mol. The molecule has 0 saturated carbocycles. The summed E-state index contributed by atoms with van der Waals surface area (Å²) in [6.45, 7) is 0.960. The summed E-state index contributed by atoms with van der Waals surface area (Å²) in [5.74, 6) is 0. The Morgan fingerprint density at radius 1 is 0.840 bits per heavy atom. The van der Waals surface area contributed by atoms with Gasteiger partial charge in [-0.25, -0.2) is 0 Å². The van der Waals surface area contributed by atoms with Gasteiger partial charge in [-0.2, -0.15) is 0 Å². The zero-order valence-electron chi connectivity index (χ0n) is 14.8. The van der Waals surface area contributed by atoms with Gasteiger partial charge in [0.05, 0.1) is 0 Å². The molecule has 1 aliphatic rings. The molecule has 1 unspecified atom stereocenters. The fourth-order valence-corrected chi connectivity index (χ4v) is 5.41. The maximum Gasteiger partial charge on any atom is 0.0489 e. The van der Waals surface area contributed by atoms with Gasteiger partial charge in [0.1, 0.15) is 0 Å². The Kier molecular flexibility index (Phi) is 3.58. The van der Waals surface area contributed by atoms with E-state index in [9.17, 15) is 0 Å². The van der Waals surface area contributed by atoms with Gasteiger partial charge in [0, 0.05) is 22.1 Å². The average Bonchev–Trinajstić information content (AvgIpc) is 2.65. The van der Waals surface area contributed by atoms with Gasteiger partial charge in [-0.1, -0.05) is 54.6 Å². The summed E-state index contributed by atoms with van der Waals surface area (Å²) in [4.78, 5) is 0.